The van der Waals surface area contributed by atoms with Crippen LogP contribution in [-0.2, 0) is 0 Å². The van der Waals surface area contributed by atoms with Gasteiger partial charge < -0.3 is 15.2 Å². The Hall–Kier alpha value is -0.810. The van der Waals surface area contributed by atoms with Gasteiger partial charge in [0.1, 0.15) is 22.6 Å². The first-order valence-corrected chi connectivity index (χ1v) is 5.16. The van der Waals surface area contributed by atoms with Crippen LogP contribution in [0.3, 0.4) is 0 Å². The van der Waals surface area contributed by atoms with E-state index in [1.165, 1.54) is 14.2 Å². The molecule has 0 aliphatic heterocycles. The molecule has 0 aliphatic rings. The summed E-state index contributed by atoms with van der Waals surface area (Å²) in [6, 6.07) is 2.73. The third-order valence-electron chi connectivity index (χ3n) is 2.06. The number of hydrogen-bond acceptors (Lipinski definition) is 3. The molecule has 3 nitrogen and oxygen atoms in total. The maximum atomic E-state index is 12.4. The Morgan fingerprint density at radius 2 is 1.80 bits per heavy atom. The van der Waals surface area contributed by atoms with Crippen LogP contribution in [-0.4, -0.2) is 20.9 Å². The Kier molecular flexibility index (Phi) is 4.35. The molecular formula is C10H13BrFNO2. The zero-order chi connectivity index (χ0) is 11.4. The van der Waals surface area contributed by atoms with E-state index in [0.29, 0.717) is 21.5 Å². The number of hydrogen-bond donors (Lipinski definition) is 1. The van der Waals surface area contributed by atoms with E-state index in [4.69, 9.17) is 15.2 Å². The molecule has 0 bridgehead atoms. The molecule has 0 heterocycles. The van der Waals surface area contributed by atoms with Crippen molar-refractivity contribution in [2.45, 2.75) is 6.04 Å². The summed E-state index contributed by atoms with van der Waals surface area (Å²) in [5.41, 5.74) is 6.24. The van der Waals surface area contributed by atoms with Crippen LogP contribution in [0.15, 0.2) is 16.6 Å². The zero-order valence-corrected chi connectivity index (χ0v) is 10.2. The Morgan fingerprint density at radius 1 is 1.33 bits per heavy atom. The number of rotatable bonds is 4. The van der Waals surface area contributed by atoms with Gasteiger partial charge in [-0.25, -0.2) is 4.39 Å². The van der Waals surface area contributed by atoms with Crippen LogP contribution in [0.25, 0.3) is 0 Å². The zero-order valence-electron chi connectivity index (χ0n) is 8.59. The van der Waals surface area contributed by atoms with Gasteiger partial charge in [0.25, 0.3) is 0 Å². The largest absolute Gasteiger partial charge is 0.495 e. The fourth-order valence-electron chi connectivity index (χ4n) is 1.19. The van der Waals surface area contributed by atoms with Gasteiger partial charge in [0.05, 0.1) is 20.3 Å². The van der Waals surface area contributed by atoms with Gasteiger partial charge >= 0.3 is 0 Å². The number of methoxy groups -OCH3 is 2. The highest BCUT2D eigenvalue weighted by Crippen LogP contribution is 2.36. The van der Waals surface area contributed by atoms with E-state index in [2.05, 4.69) is 15.9 Å². The van der Waals surface area contributed by atoms with E-state index < -0.39 is 12.7 Å². The average molecular weight is 278 g/mol. The molecule has 1 rings (SSSR count). The lowest BCUT2D eigenvalue weighted by atomic mass is 10.1. The minimum Gasteiger partial charge on any atom is -0.495 e. The molecule has 0 aromatic heterocycles. The predicted molar refractivity (Wildman–Crippen MR) is 60.1 cm³/mol. The van der Waals surface area contributed by atoms with Gasteiger partial charge in [0.2, 0.25) is 0 Å². The lowest BCUT2D eigenvalue weighted by Crippen LogP contribution is -2.12. The molecule has 0 radical (unpaired) electrons. The number of alkyl halides is 1. The van der Waals surface area contributed by atoms with Crippen molar-refractivity contribution in [3.05, 3.63) is 22.2 Å². The smallest absolute Gasteiger partial charge is 0.137 e. The fraction of sp³-hybridized carbons (Fsp3) is 0.400. The van der Waals surface area contributed by atoms with E-state index in [1.54, 1.807) is 12.1 Å². The second kappa shape index (κ2) is 5.32. The van der Waals surface area contributed by atoms with Gasteiger partial charge in [-0.1, -0.05) is 0 Å². The third-order valence-corrected chi connectivity index (χ3v) is 2.84. The lowest BCUT2D eigenvalue weighted by Gasteiger charge is -2.14. The van der Waals surface area contributed by atoms with Crippen LogP contribution in [0.2, 0.25) is 0 Å². The van der Waals surface area contributed by atoms with Crippen molar-refractivity contribution in [1.82, 2.24) is 0 Å². The summed E-state index contributed by atoms with van der Waals surface area (Å²) in [5.74, 6) is 1.15. The first kappa shape index (κ1) is 12.3. The quantitative estimate of drug-likeness (QED) is 0.920. The highest BCUT2D eigenvalue weighted by Gasteiger charge is 2.13. The van der Waals surface area contributed by atoms with E-state index in [1.807, 2.05) is 0 Å². The molecule has 0 saturated heterocycles. The van der Waals surface area contributed by atoms with Gasteiger partial charge in [-0.3, -0.25) is 0 Å². The molecule has 0 spiro atoms. The highest BCUT2D eigenvalue weighted by molar-refractivity contribution is 9.10. The second-order valence-electron chi connectivity index (χ2n) is 3.00. The molecule has 1 aromatic rings. The summed E-state index contributed by atoms with van der Waals surface area (Å²) < 4.78 is 23.4. The molecular weight excluding hydrogens is 265 g/mol. The van der Waals surface area contributed by atoms with Crippen LogP contribution in [0.4, 0.5) is 4.39 Å². The second-order valence-corrected chi connectivity index (χ2v) is 3.79. The van der Waals surface area contributed by atoms with Gasteiger partial charge in [0.15, 0.2) is 0 Å². The maximum absolute atomic E-state index is 12.4. The van der Waals surface area contributed by atoms with Crippen LogP contribution in [0.5, 0.6) is 11.5 Å². The third kappa shape index (κ3) is 2.60. The SMILES string of the molecule is COc1cc([C@H](N)CF)cc(OC)c1Br. The van der Waals surface area contributed by atoms with Crippen molar-refractivity contribution < 1.29 is 13.9 Å². The van der Waals surface area contributed by atoms with E-state index in [0.717, 1.165) is 0 Å². The maximum Gasteiger partial charge on any atom is 0.137 e. The van der Waals surface area contributed by atoms with Crippen molar-refractivity contribution in [1.29, 1.82) is 0 Å². The minimum atomic E-state index is -0.652. The van der Waals surface area contributed by atoms with Crippen molar-refractivity contribution >= 4 is 15.9 Å². The van der Waals surface area contributed by atoms with Gasteiger partial charge in [-0.05, 0) is 33.6 Å². The van der Waals surface area contributed by atoms with Crippen molar-refractivity contribution in [2.24, 2.45) is 5.73 Å². The van der Waals surface area contributed by atoms with E-state index in [-0.39, 0.29) is 0 Å². The molecule has 15 heavy (non-hydrogen) atoms. The van der Waals surface area contributed by atoms with Crippen molar-refractivity contribution in [3.63, 3.8) is 0 Å². The fourth-order valence-corrected chi connectivity index (χ4v) is 1.75. The normalized spacial score (nSPS) is 12.3. The molecule has 2 N–H and O–H groups in total. The van der Waals surface area contributed by atoms with Gasteiger partial charge in [0, 0.05) is 0 Å². The molecule has 0 aliphatic carbocycles. The summed E-state index contributed by atoms with van der Waals surface area (Å²) in [4.78, 5) is 0. The summed E-state index contributed by atoms with van der Waals surface area (Å²) in [6.45, 7) is -0.617. The van der Waals surface area contributed by atoms with Crippen LogP contribution in [0.1, 0.15) is 11.6 Å². The number of benzene rings is 1. The molecule has 0 saturated carbocycles. The standard InChI is InChI=1S/C10H13BrFNO2/c1-14-8-3-6(7(13)5-12)4-9(15-2)10(8)11/h3-4,7H,5,13H2,1-2H3/t7-/m1/s1. The number of halogens is 2. The summed E-state index contributed by atoms with van der Waals surface area (Å²) in [6.07, 6.45) is 0. The first-order chi connectivity index (χ1) is 7.13. The molecule has 5 heteroatoms. The minimum absolute atomic E-state index is 0.577. The van der Waals surface area contributed by atoms with Crippen molar-refractivity contribution in [3.8, 4) is 11.5 Å². The lowest BCUT2D eigenvalue weighted by molar-refractivity contribution is 0.385. The first-order valence-electron chi connectivity index (χ1n) is 4.37. The summed E-state index contributed by atoms with van der Waals surface area (Å²) in [7, 11) is 3.06. The molecule has 1 aromatic carbocycles. The topological polar surface area (TPSA) is 44.5 Å². The average Bonchev–Trinajstić information content (AvgIpc) is 2.28. The Labute approximate surface area is 96.5 Å². The highest BCUT2D eigenvalue weighted by atomic mass is 79.9. The predicted octanol–water partition coefficient (Wildman–Crippen LogP) is 2.44. The Balaban J connectivity index is 3.20. The van der Waals surface area contributed by atoms with Crippen LogP contribution < -0.4 is 15.2 Å². The molecule has 0 amide bonds. The number of ether oxygens (including phenoxy) is 2. The van der Waals surface area contributed by atoms with Crippen molar-refractivity contribution in [2.75, 3.05) is 20.9 Å². The Morgan fingerprint density at radius 3 is 2.13 bits per heavy atom. The molecule has 84 valence electrons. The summed E-state index contributed by atoms with van der Waals surface area (Å²) in [5, 5.41) is 0. The Bertz CT molecular complexity index is 321. The molecule has 0 unspecified atom stereocenters. The van der Waals surface area contributed by atoms with E-state index >= 15 is 0 Å². The summed E-state index contributed by atoms with van der Waals surface area (Å²) >= 11 is 3.32. The van der Waals surface area contributed by atoms with Gasteiger partial charge in [-0.2, -0.15) is 0 Å². The monoisotopic (exact) mass is 277 g/mol. The molecule has 0 fully saturated rings. The van der Waals surface area contributed by atoms with Gasteiger partial charge in [-0.15, -0.1) is 0 Å². The van der Waals surface area contributed by atoms with E-state index in [9.17, 15) is 4.39 Å². The van der Waals surface area contributed by atoms with Crippen LogP contribution in [0, 0.1) is 0 Å². The number of nitrogens with two attached hydrogens (primary N) is 1. The molecule has 1 atom stereocenters. The van der Waals surface area contributed by atoms with Crippen LogP contribution >= 0.6 is 15.9 Å².